The summed E-state index contributed by atoms with van der Waals surface area (Å²) < 4.78 is 10.9. The molecule has 0 heterocycles. The van der Waals surface area contributed by atoms with Gasteiger partial charge in [-0.05, 0) is 36.7 Å². The summed E-state index contributed by atoms with van der Waals surface area (Å²) in [6.45, 7) is 5.84. The fourth-order valence-corrected chi connectivity index (χ4v) is 4.97. The van der Waals surface area contributed by atoms with E-state index >= 15 is 0 Å². The molecule has 0 aromatic heterocycles. The first-order chi connectivity index (χ1) is 15.8. The fraction of sp³-hybridized carbons (Fsp3) is 0.407. The number of hydrogen-bond donors (Lipinski definition) is 0. The van der Waals surface area contributed by atoms with Gasteiger partial charge in [-0.25, -0.2) is 9.59 Å². The van der Waals surface area contributed by atoms with Crippen LogP contribution in [0.3, 0.4) is 0 Å². The number of fused-ring (bicyclic) bond motifs is 2. The predicted octanol–water partition coefficient (Wildman–Crippen LogP) is 4.62. The summed E-state index contributed by atoms with van der Waals surface area (Å²) in [5, 5.41) is 0. The normalized spacial score (nSPS) is 21.9. The lowest BCUT2D eigenvalue weighted by molar-refractivity contribution is -0.159. The topological polar surface area (TPSA) is 86.7 Å². The quantitative estimate of drug-likeness (QED) is 0.529. The van der Waals surface area contributed by atoms with Crippen molar-refractivity contribution in [1.82, 2.24) is 0 Å². The summed E-state index contributed by atoms with van der Waals surface area (Å²) in [6, 6.07) is 11.0. The monoisotopic (exact) mass is 448 g/mol. The lowest BCUT2D eigenvalue weighted by Crippen LogP contribution is -2.36. The van der Waals surface area contributed by atoms with Crippen molar-refractivity contribution in [3.63, 3.8) is 0 Å². The second-order valence-corrected chi connectivity index (χ2v) is 9.36. The Labute approximate surface area is 193 Å². The van der Waals surface area contributed by atoms with Gasteiger partial charge in [-0.2, -0.15) is 0 Å². The van der Waals surface area contributed by atoms with Crippen molar-refractivity contribution < 1.29 is 28.7 Å². The van der Waals surface area contributed by atoms with Gasteiger partial charge in [0.15, 0.2) is 18.2 Å². The number of esters is 2. The van der Waals surface area contributed by atoms with Gasteiger partial charge in [-0.1, -0.05) is 63.6 Å². The maximum Gasteiger partial charge on any atom is 0.344 e. The molecule has 3 atom stereocenters. The molecule has 4 rings (SSSR count). The molecule has 6 heteroatoms. The Bertz CT molecular complexity index is 1120. The van der Waals surface area contributed by atoms with E-state index in [0.29, 0.717) is 17.4 Å². The van der Waals surface area contributed by atoms with Gasteiger partial charge in [0.1, 0.15) is 6.10 Å². The van der Waals surface area contributed by atoms with Crippen molar-refractivity contribution in [3.8, 4) is 0 Å². The van der Waals surface area contributed by atoms with E-state index in [1.807, 2.05) is 0 Å². The molecule has 0 radical (unpaired) electrons. The molecule has 0 unspecified atom stereocenters. The Morgan fingerprint density at radius 1 is 0.939 bits per heavy atom. The van der Waals surface area contributed by atoms with Crippen LogP contribution in [0.5, 0.6) is 0 Å². The van der Waals surface area contributed by atoms with Gasteiger partial charge in [-0.15, -0.1) is 0 Å². The molecule has 0 saturated heterocycles. The molecule has 2 aromatic rings. The van der Waals surface area contributed by atoms with Gasteiger partial charge in [-0.3, -0.25) is 9.59 Å². The fourth-order valence-electron chi connectivity index (χ4n) is 4.97. The molecule has 0 bridgehead atoms. The predicted molar refractivity (Wildman–Crippen MR) is 121 cm³/mol. The molecule has 1 fully saturated rings. The second kappa shape index (κ2) is 9.30. The highest BCUT2D eigenvalue weighted by molar-refractivity contribution is 6.30. The Balaban J connectivity index is 1.47. The number of carbonyl (C=O) groups excluding carboxylic acids is 4. The highest BCUT2D eigenvalue weighted by Gasteiger charge is 2.35. The molecule has 2 aromatic carbocycles. The van der Waals surface area contributed by atoms with Crippen molar-refractivity contribution in [2.24, 2.45) is 17.8 Å². The van der Waals surface area contributed by atoms with E-state index in [4.69, 9.17) is 9.47 Å². The smallest absolute Gasteiger partial charge is 0.344 e. The van der Waals surface area contributed by atoms with Crippen molar-refractivity contribution >= 4 is 23.5 Å². The third-order valence-electron chi connectivity index (χ3n) is 6.74. The molecular weight excluding hydrogens is 420 g/mol. The van der Waals surface area contributed by atoms with Crippen LogP contribution in [0.15, 0.2) is 42.5 Å². The van der Waals surface area contributed by atoms with Crippen LogP contribution in [0.25, 0.3) is 0 Å². The van der Waals surface area contributed by atoms with Gasteiger partial charge >= 0.3 is 11.9 Å². The van der Waals surface area contributed by atoms with E-state index in [1.165, 1.54) is 18.2 Å². The average molecular weight is 449 g/mol. The first kappa shape index (κ1) is 22.9. The van der Waals surface area contributed by atoms with Crippen molar-refractivity contribution in [3.05, 3.63) is 70.3 Å². The molecule has 172 valence electrons. The van der Waals surface area contributed by atoms with Crippen LogP contribution in [0.1, 0.15) is 82.2 Å². The molecular formula is C27H28O6. The molecule has 0 spiro atoms. The van der Waals surface area contributed by atoms with Crippen molar-refractivity contribution in [1.29, 1.82) is 0 Å². The number of benzene rings is 2. The van der Waals surface area contributed by atoms with Crippen molar-refractivity contribution in [2.75, 3.05) is 6.61 Å². The van der Waals surface area contributed by atoms with Gasteiger partial charge in [0.05, 0.1) is 5.56 Å². The summed E-state index contributed by atoms with van der Waals surface area (Å²) in [4.78, 5) is 51.2. The zero-order valence-electron chi connectivity index (χ0n) is 19.1. The maximum atomic E-state index is 13.1. The van der Waals surface area contributed by atoms with Crippen LogP contribution in [0.4, 0.5) is 0 Å². The van der Waals surface area contributed by atoms with Crippen LogP contribution < -0.4 is 0 Å². The number of carbonyl (C=O) groups is 4. The SMILES string of the molecule is CC(C)[C@@H]1CC[C@H](C)C[C@@H]1OC(=O)COC(=O)c1cccc2c1C(=O)c1ccccc1C2=O. The highest BCUT2D eigenvalue weighted by Crippen LogP contribution is 2.35. The Kier molecular flexibility index (Phi) is 6.45. The zero-order chi connectivity index (χ0) is 23.7. The molecule has 6 nitrogen and oxygen atoms in total. The zero-order valence-corrected chi connectivity index (χ0v) is 19.1. The number of ether oxygens (including phenoxy) is 2. The van der Waals surface area contributed by atoms with Crippen LogP contribution in [0.2, 0.25) is 0 Å². The van der Waals surface area contributed by atoms with Gasteiger partial charge < -0.3 is 9.47 Å². The first-order valence-electron chi connectivity index (χ1n) is 11.5. The molecule has 0 N–H and O–H groups in total. The Morgan fingerprint density at radius 2 is 1.61 bits per heavy atom. The van der Waals surface area contributed by atoms with Crippen LogP contribution in [-0.4, -0.2) is 36.2 Å². The van der Waals surface area contributed by atoms with Gasteiger partial charge in [0.25, 0.3) is 0 Å². The minimum absolute atomic E-state index is 0.0144. The van der Waals surface area contributed by atoms with Crippen molar-refractivity contribution in [2.45, 2.75) is 46.1 Å². The van der Waals surface area contributed by atoms with Crippen LogP contribution >= 0.6 is 0 Å². The van der Waals surface area contributed by atoms with E-state index in [9.17, 15) is 19.2 Å². The van der Waals surface area contributed by atoms with E-state index in [-0.39, 0.29) is 40.1 Å². The van der Waals surface area contributed by atoms with E-state index in [0.717, 1.165) is 19.3 Å². The summed E-state index contributed by atoms with van der Waals surface area (Å²) in [5.74, 6) is -1.02. The summed E-state index contributed by atoms with van der Waals surface area (Å²) >= 11 is 0. The molecule has 2 aliphatic rings. The highest BCUT2D eigenvalue weighted by atomic mass is 16.6. The molecule has 33 heavy (non-hydrogen) atoms. The Hall–Kier alpha value is -3.28. The third kappa shape index (κ3) is 4.47. The summed E-state index contributed by atoms with van der Waals surface area (Å²) in [5.41, 5.74) is 0.707. The first-order valence-corrected chi connectivity index (χ1v) is 11.5. The van der Waals surface area contributed by atoms with E-state index < -0.39 is 24.3 Å². The minimum Gasteiger partial charge on any atom is -0.460 e. The van der Waals surface area contributed by atoms with E-state index in [1.54, 1.807) is 24.3 Å². The van der Waals surface area contributed by atoms with E-state index in [2.05, 4.69) is 20.8 Å². The Morgan fingerprint density at radius 3 is 2.30 bits per heavy atom. The molecule has 2 aliphatic carbocycles. The number of rotatable bonds is 5. The number of ketones is 2. The average Bonchev–Trinajstić information content (AvgIpc) is 2.80. The largest absolute Gasteiger partial charge is 0.460 e. The van der Waals surface area contributed by atoms with Gasteiger partial charge in [0.2, 0.25) is 0 Å². The van der Waals surface area contributed by atoms with Crippen LogP contribution in [-0.2, 0) is 14.3 Å². The molecule has 1 saturated carbocycles. The third-order valence-corrected chi connectivity index (χ3v) is 6.74. The van der Waals surface area contributed by atoms with Gasteiger partial charge in [0, 0.05) is 22.3 Å². The lowest BCUT2D eigenvalue weighted by atomic mass is 9.75. The molecule has 0 amide bonds. The summed E-state index contributed by atoms with van der Waals surface area (Å²) in [6.07, 6.45) is 2.72. The standard InChI is InChI=1S/C27H28O6/c1-15(2)17-12-11-16(3)13-22(17)33-23(28)14-32-27(31)21-10-6-9-20-24(21)26(30)19-8-5-4-7-18(19)25(20)29/h4-10,15-17,22H,11-14H2,1-3H3/t16-,17-,22-/m0/s1. The lowest BCUT2D eigenvalue weighted by Gasteiger charge is -2.36. The maximum absolute atomic E-state index is 13.1. The van der Waals surface area contributed by atoms with Crippen LogP contribution in [0, 0.1) is 17.8 Å². The minimum atomic E-state index is -0.832. The number of hydrogen-bond acceptors (Lipinski definition) is 6. The summed E-state index contributed by atoms with van der Waals surface area (Å²) in [7, 11) is 0. The second-order valence-electron chi connectivity index (χ2n) is 9.36. The molecule has 0 aliphatic heterocycles.